The Kier molecular flexibility index (Phi) is 6.43. The minimum atomic E-state index is 0.190. The van der Waals surface area contributed by atoms with Crippen LogP contribution in [0.3, 0.4) is 0 Å². The van der Waals surface area contributed by atoms with Crippen LogP contribution in [0.25, 0.3) is 42.1 Å². The van der Waals surface area contributed by atoms with Gasteiger partial charge in [-0.25, -0.2) is 0 Å². The molecule has 5 rings (SSSR count). The highest BCUT2D eigenvalue weighted by Gasteiger charge is 2.22. The van der Waals surface area contributed by atoms with Crippen molar-refractivity contribution in [2.24, 2.45) is 0 Å². The fraction of sp³-hybridized carbons (Fsp3) is 0.375. The van der Waals surface area contributed by atoms with Gasteiger partial charge in [0.1, 0.15) is 0 Å². The smallest absolute Gasteiger partial charge is 0.0455 e. The first-order valence-corrected chi connectivity index (χ1v) is 15.9. The predicted octanol–water partition coefficient (Wildman–Crippen LogP) is 11.9. The van der Waals surface area contributed by atoms with Gasteiger partial charge in [-0.3, -0.25) is 0 Å². The van der Waals surface area contributed by atoms with E-state index in [1.807, 2.05) is 45.3 Å². The first-order chi connectivity index (χ1) is 16.7. The second-order valence-electron chi connectivity index (χ2n) is 12.1. The Morgan fingerprint density at radius 2 is 1.00 bits per heavy atom. The molecule has 36 heavy (non-hydrogen) atoms. The van der Waals surface area contributed by atoms with Crippen LogP contribution in [-0.2, 0) is 10.8 Å². The highest BCUT2D eigenvalue weighted by atomic mass is 32.1. The van der Waals surface area contributed by atoms with Crippen LogP contribution in [-0.4, -0.2) is 0 Å². The Bertz CT molecular complexity index is 1570. The minimum absolute atomic E-state index is 0.190. The third-order valence-corrected chi connectivity index (χ3v) is 12.9. The van der Waals surface area contributed by atoms with E-state index < -0.39 is 0 Å². The maximum Gasteiger partial charge on any atom is 0.0455 e. The van der Waals surface area contributed by atoms with Crippen molar-refractivity contribution in [2.75, 3.05) is 0 Å². The first-order valence-electron chi connectivity index (χ1n) is 12.6. The number of aryl methyl sites for hydroxylation is 4. The molecule has 4 heteroatoms. The molecule has 0 nitrogen and oxygen atoms in total. The second kappa shape index (κ2) is 8.94. The third kappa shape index (κ3) is 4.55. The second-order valence-corrected chi connectivity index (χ2v) is 16.4. The molecule has 0 spiro atoms. The van der Waals surface area contributed by atoms with Gasteiger partial charge in [-0.2, -0.15) is 0 Å². The highest BCUT2D eigenvalue weighted by molar-refractivity contribution is 7.27. The van der Waals surface area contributed by atoms with Gasteiger partial charge in [-0.05, 0) is 108 Å². The van der Waals surface area contributed by atoms with Crippen LogP contribution in [0.2, 0.25) is 0 Å². The minimum Gasteiger partial charge on any atom is -0.140 e. The van der Waals surface area contributed by atoms with Crippen LogP contribution in [0.4, 0.5) is 0 Å². The summed E-state index contributed by atoms with van der Waals surface area (Å²) in [6.45, 7) is 22.9. The maximum atomic E-state index is 2.44. The fourth-order valence-electron chi connectivity index (χ4n) is 4.60. The van der Waals surface area contributed by atoms with E-state index >= 15 is 0 Å². The Balaban J connectivity index is 1.52. The van der Waals surface area contributed by atoms with Gasteiger partial charge in [0.05, 0.1) is 0 Å². The molecule has 0 saturated carbocycles. The summed E-state index contributed by atoms with van der Waals surface area (Å²) >= 11 is 7.79. The molecule has 0 bridgehead atoms. The molecule has 0 unspecified atom stereocenters. The van der Waals surface area contributed by atoms with Crippen molar-refractivity contribution in [2.45, 2.75) is 80.1 Å². The number of thiophene rings is 4. The van der Waals surface area contributed by atoms with Gasteiger partial charge in [0.25, 0.3) is 0 Å². The summed E-state index contributed by atoms with van der Waals surface area (Å²) < 4.78 is 2.90. The van der Waals surface area contributed by atoms with E-state index in [4.69, 9.17) is 0 Å². The fourth-order valence-corrected chi connectivity index (χ4v) is 9.40. The van der Waals surface area contributed by atoms with Crippen molar-refractivity contribution >= 4 is 77.7 Å². The molecular formula is C32H36S4. The zero-order valence-electron chi connectivity index (χ0n) is 23.1. The van der Waals surface area contributed by atoms with Crippen molar-refractivity contribution in [1.29, 1.82) is 0 Å². The maximum absolute atomic E-state index is 2.44. The number of rotatable bonds is 3. The van der Waals surface area contributed by atoms with E-state index in [0.717, 1.165) is 0 Å². The molecule has 0 fully saturated rings. The van der Waals surface area contributed by atoms with E-state index in [1.54, 1.807) is 0 Å². The van der Waals surface area contributed by atoms with Gasteiger partial charge in [0.2, 0.25) is 0 Å². The van der Waals surface area contributed by atoms with Crippen LogP contribution in [0.1, 0.15) is 83.3 Å². The Hall–Kier alpha value is -1.72. The zero-order chi connectivity index (χ0) is 26.2. The summed E-state index contributed by atoms with van der Waals surface area (Å²) in [5.74, 6) is 0. The van der Waals surface area contributed by atoms with E-state index in [1.165, 1.54) is 71.7 Å². The van der Waals surface area contributed by atoms with Crippen LogP contribution in [0.5, 0.6) is 0 Å². The van der Waals surface area contributed by atoms with Crippen molar-refractivity contribution in [3.63, 3.8) is 0 Å². The molecule has 0 radical (unpaired) electrons. The molecule has 0 saturated heterocycles. The quantitative estimate of drug-likeness (QED) is 0.210. The molecule has 1 aromatic carbocycles. The highest BCUT2D eigenvalue weighted by Crippen LogP contribution is 2.46. The summed E-state index contributed by atoms with van der Waals surface area (Å²) in [5, 5.41) is 2.87. The lowest BCUT2D eigenvalue weighted by atomic mass is 9.93. The lowest BCUT2D eigenvalue weighted by Gasteiger charge is -2.15. The van der Waals surface area contributed by atoms with Gasteiger partial charge in [0.15, 0.2) is 0 Å². The lowest BCUT2D eigenvalue weighted by molar-refractivity contribution is 0.603. The molecule has 0 atom stereocenters. The molecule has 0 aliphatic carbocycles. The topological polar surface area (TPSA) is 0 Å². The monoisotopic (exact) mass is 548 g/mol. The SMILES string of the molecule is Cc1cc(-c2cc3c(C)c4sc(C(C)(C)C)cc4c(C)c3s2)sc1C=Cc1sc(C(C)(C)C)cc1C. The number of benzene rings is 1. The van der Waals surface area contributed by atoms with Crippen molar-refractivity contribution in [3.05, 3.63) is 66.0 Å². The normalized spacial score (nSPS) is 13.2. The molecular weight excluding hydrogens is 513 g/mol. The molecule has 5 aromatic rings. The summed E-state index contributed by atoms with van der Waals surface area (Å²) in [4.78, 5) is 8.43. The summed E-state index contributed by atoms with van der Waals surface area (Å²) in [6.07, 6.45) is 4.64. The molecule has 0 aliphatic heterocycles. The van der Waals surface area contributed by atoms with Crippen molar-refractivity contribution < 1.29 is 0 Å². The van der Waals surface area contributed by atoms with Crippen LogP contribution in [0.15, 0.2) is 24.3 Å². The van der Waals surface area contributed by atoms with Gasteiger partial charge < -0.3 is 0 Å². The lowest BCUT2D eigenvalue weighted by Crippen LogP contribution is -2.07. The zero-order valence-corrected chi connectivity index (χ0v) is 26.4. The van der Waals surface area contributed by atoms with E-state index in [-0.39, 0.29) is 10.8 Å². The summed E-state index contributed by atoms with van der Waals surface area (Å²) in [6, 6.07) is 9.61. The van der Waals surface area contributed by atoms with Crippen LogP contribution >= 0.6 is 45.3 Å². The van der Waals surface area contributed by atoms with E-state index in [9.17, 15) is 0 Å². The molecule has 188 valence electrons. The first kappa shape index (κ1) is 25.9. The Morgan fingerprint density at radius 1 is 0.528 bits per heavy atom. The number of fused-ring (bicyclic) bond motifs is 2. The summed E-state index contributed by atoms with van der Waals surface area (Å²) in [5.41, 5.74) is 6.00. The van der Waals surface area contributed by atoms with Crippen LogP contribution in [0, 0.1) is 27.7 Å². The molecule has 4 aromatic heterocycles. The average Bonchev–Trinajstić information content (AvgIpc) is 3.54. The van der Waals surface area contributed by atoms with Gasteiger partial charge in [-0.15, -0.1) is 45.3 Å². The standard InChI is InChI=1S/C32H36S4/c1-17-13-25(33-23(17)11-12-24-18(2)14-27(34-24)31(5,6)7)26-15-21-19(3)30-22(20(4)29(21)35-26)16-28(36-30)32(8,9)10/h11-16H,1-10H3. The van der Waals surface area contributed by atoms with Gasteiger partial charge in [-0.1, -0.05) is 41.5 Å². The largest absolute Gasteiger partial charge is 0.140 e. The molecule has 4 heterocycles. The van der Waals surface area contributed by atoms with Crippen LogP contribution < -0.4 is 0 Å². The van der Waals surface area contributed by atoms with Gasteiger partial charge in [0, 0.05) is 38.7 Å². The average molecular weight is 549 g/mol. The Morgan fingerprint density at radius 3 is 1.58 bits per heavy atom. The third-order valence-electron chi connectivity index (χ3n) is 6.97. The Labute approximate surface area is 232 Å². The molecule has 0 aliphatic rings. The number of hydrogen-bond donors (Lipinski definition) is 0. The van der Waals surface area contributed by atoms with E-state index in [0.29, 0.717) is 0 Å². The van der Waals surface area contributed by atoms with Crippen molar-refractivity contribution in [3.8, 4) is 9.75 Å². The van der Waals surface area contributed by atoms with Gasteiger partial charge >= 0.3 is 0 Å². The molecule has 0 amide bonds. The van der Waals surface area contributed by atoms with E-state index in [2.05, 4.69) is 106 Å². The molecule has 0 N–H and O–H groups in total. The van der Waals surface area contributed by atoms with Crippen molar-refractivity contribution in [1.82, 2.24) is 0 Å². The number of hydrogen-bond acceptors (Lipinski definition) is 4. The predicted molar refractivity (Wildman–Crippen MR) is 170 cm³/mol. The summed E-state index contributed by atoms with van der Waals surface area (Å²) in [7, 11) is 0.